The third-order valence-corrected chi connectivity index (χ3v) is 6.24. The van der Waals surface area contributed by atoms with Crippen LogP contribution in [0.2, 0.25) is 0 Å². The third-order valence-electron chi connectivity index (χ3n) is 5.07. The second-order valence-electron chi connectivity index (χ2n) is 7.41. The number of amides is 2. The lowest BCUT2D eigenvalue weighted by Crippen LogP contribution is -2.27. The second-order valence-corrected chi connectivity index (χ2v) is 8.74. The molecule has 1 saturated carbocycles. The van der Waals surface area contributed by atoms with E-state index >= 15 is 0 Å². The summed E-state index contributed by atoms with van der Waals surface area (Å²) in [5, 5.41) is 15.0. The molecule has 2 amide bonds. The van der Waals surface area contributed by atoms with Crippen molar-refractivity contribution in [3.63, 3.8) is 0 Å². The highest BCUT2D eigenvalue weighted by atomic mass is 32.1. The van der Waals surface area contributed by atoms with Gasteiger partial charge in [0.25, 0.3) is 0 Å². The van der Waals surface area contributed by atoms with Gasteiger partial charge < -0.3 is 10.6 Å². The van der Waals surface area contributed by atoms with Crippen LogP contribution in [0.1, 0.15) is 37.8 Å². The van der Waals surface area contributed by atoms with E-state index in [-0.39, 0.29) is 23.8 Å². The summed E-state index contributed by atoms with van der Waals surface area (Å²) in [5.41, 5.74) is 1.76. The van der Waals surface area contributed by atoms with Crippen LogP contribution in [0, 0.1) is 10.7 Å². The van der Waals surface area contributed by atoms with E-state index in [0.29, 0.717) is 17.7 Å². The molecule has 30 heavy (non-hydrogen) atoms. The van der Waals surface area contributed by atoms with Crippen LogP contribution in [0.25, 0.3) is 10.7 Å². The van der Waals surface area contributed by atoms with Gasteiger partial charge in [-0.3, -0.25) is 19.3 Å². The third kappa shape index (κ3) is 4.85. The summed E-state index contributed by atoms with van der Waals surface area (Å²) in [7, 11) is 0. The van der Waals surface area contributed by atoms with Crippen LogP contribution in [0.5, 0.6) is 0 Å². The second kappa shape index (κ2) is 8.93. The molecule has 4 rings (SSSR count). The number of thiophene rings is 1. The Bertz CT molecular complexity index is 1080. The number of anilines is 1. The SMILES string of the molecule is CC(NC(=O)CCn1c(-c2cccs2)n[nH]c1=S)c1ccc(NC(=O)C2CC2)cc1. The van der Waals surface area contributed by atoms with Crippen molar-refractivity contribution in [1.82, 2.24) is 20.1 Å². The van der Waals surface area contributed by atoms with Gasteiger partial charge in [-0.05, 0) is 61.1 Å². The zero-order valence-electron chi connectivity index (χ0n) is 16.6. The minimum absolute atomic E-state index is 0.0613. The van der Waals surface area contributed by atoms with E-state index in [0.717, 1.165) is 34.8 Å². The maximum Gasteiger partial charge on any atom is 0.227 e. The Labute approximate surface area is 183 Å². The van der Waals surface area contributed by atoms with Gasteiger partial charge in [-0.25, -0.2) is 0 Å². The van der Waals surface area contributed by atoms with Crippen molar-refractivity contribution in [2.24, 2.45) is 5.92 Å². The molecule has 1 unspecified atom stereocenters. The first-order valence-corrected chi connectivity index (χ1v) is 11.2. The number of nitrogens with zero attached hydrogens (tertiary/aromatic N) is 2. The minimum Gasteiger partial charge on any atom is -0.350 e. The van der Waals surface area contributed by atoms with Crippen molar-refractivity contribution in [3.8, 4) is 10.7 Å². The Balaban J connectivity index is 1.31. The molecule has 1 aliphatic carbocycles. The summed E-state index contributed by atoms with van der Waals surface area (Å²) in [6.45, 7) is 2.39. The van der Waals surface area contributed by atoms with E-state index in [1.807, 2.05) is 53.3 Å². The summed E-state index contributed by atoms with van der Waals surface area (Å²) >= 11 is 6.89. The summed E-state index contributed by atoms with van der Waals surface area (Å²) in [6, 6.07) is 11.4. The van der Waals surface area contributed by atoms with Gasteiger partial charge in [0.1, 0.15) is 0 Å². The van der Waals surface area contributed by atoms with Gasteiger partial charge in [0.15, 0.2) is 10.6 Å². The summed E-state index contributed by atoms with van der Waals surface area (Å²) in [6.07, 6.45) is 2.25. The zero-order valence-corrected chi connectivity index (χ0v) is 18.2. The predicted octanol–water partition coefficient (Wildman–Crippen LogP) is 4.29. The first-order valence-electron chi connectivity index (χ1n) is 9.90. The Morgan fingerprint density at radius 3 is 2.73 bits per heavy atom. The number of hydrogen-bond acceptors (Lipinski definition) is 5. The van der Waals surface area contributed by atoms with Gasteiger partial charge in [-0.2, -0.15) is 5.10 Å². The van der Waals surface area contributed by atoms with E-state index in [1.165, 1.54) is 0 Å². The van der Waals surface area contributed by atoms with E-state index < -0.39 is 0 Å². The van der Waals surface area contributed by atoms with E-state index in [2.05, 4.69) is 20.8 Å². The molecule has 7 nitrogen and oxygen atoms in total. The van der Waals surface area contributed by atoms with E-state index in [4.69, 9.17) is 12.2 Å². The fraction of sp³-hybridized carbons (Fsp3) is 0.333. The standard InChI is InChI=1S/C21H23N5O2S2/c1-13(14-6-8-16(9-7-14)23-20(28)15-4-5-15)22-18(27)10-11-26-19(24-25-21(26)29)17-3-2-12-30-17/h2-3,6-9,12-13,15H,4-5,10-11H2,1H3,(H,22,27)(H,23,28)(H,25,29). The first-order chi connectivity index (χ1) is 14.5. The van der Waals surface area contributed by atoms with Crippen molar-refractivity contribution in [2.45, 2.75) is 38.8 Å². The molecule has 3 aromatic rings. The molecule has 9 heteroatoms. The molecular weight excluding hydrogens is 418 g/mol. The molecule has 156 valence electrons. The Morgan fingerprint density at radius 2 is 2.07 bits per heavy atom. The number of aromatic nitrogens is 3. The van der Waals surface area contributed by atoms with Gasteiger partial charge in [0, 0.05) is 24.6 Å². The lowest BCUT2D eigenvalue weighted by atomic mass is 10.1. The van der Waals surface area contributed by atoms with Gasteiger partial charge in [-0.15, -0.1) is 11.3 Å². The highest BCUT2D eigenvalue weighted by molar-refractivity contribution is 7.71. The Morgan fingerprint density at radius 1 is 1.30 bits per heavy atom. The van der Waals surface area contributed by atoms with Crippen molar-refractivity contribution in [2.75, 3.05) is 5.32 Å². The number of nitrogens with one attached hydrogen (secondary N) is 3. The molecule has 0 aliphatic heterocycles. The lowest BCUT2D eigenvalue weighted by molar-refractivity contribution is -0.122. The van der Waals surface area contributed by atoms with E-state index in [1.54, 1.807) is 11.3 Å². The highest BCUT2D eigenvalue weighted by Crippen LogP contribution is 2.30. The van der Waals surface area contributed by atoms with Crippen molar-refractivity contribution in [3.05, 3.63) is 52.1 Å². The highest BCUT2D eigenvalue weighted by Gasteiger charge is 2.29. The number of benzene rings is 1. The smallest absolute Gasteiger partial charge is 0.227 e. The van der Waals surface area contributed by atoms with Gasteiger partial charge >= 0.3 is 0 Å². The average Bonchev–Trinajstić information content (AvgIpc) is 3.33. The molecule has 1 aliphatic rings. The van der Waals surface area contributed by atoms with Crippen LogP contribution >= 0.6 is 23.6 Å². The largest absolute Gasteiger partial charge is 0.350 e. The topological polar surface area (TPSA) is 91.8 Å². The summed E-state index contributed by atoms with van der Waals surface area (Å²) < 4.78 is 2.35. The first kappa shape index (κ1) is 20.5. The number of carbonyl (C=O) groups is 2. The fourth-order valence-electron chi connectivity index (χ4n) is 3.17. The summed E-state index contributed by atoms with van der Waals surface area (Å²) in [4.78, 5) is 25.3. The fourth-order valence-corrected chi connectivity index (χ4v) is 4.12. The summed E-state index contributed by atoms with van der Waals surface area (Å²) in [5.74, 6) is 0.948. The molecule has 2 heterocycles. The van der Waals surface area contributed by atoms with Crippen molar-refractivity contribution < 1.29 is 9.59 Å². The molecule has 1 aromatic carbocycles. The van der Waals surface area contributed by atoms with Crippen LogP contribution in [0.3, 0.4) is 0 Å². The molecule has 0 spiro atoms. The number of rotatable bonds is 8. The van der Waals surface area contributed by atoms with Crippen LogP contribution < -0.4 is 10.6 Å². The van der Waals surface area contributed by atoms with Crippen molar-refractivity contribution >= 4 is 41.1 Å². The van der Waals surface area contributed by atoms with Gasteiger partial charge in [-0.1, -0.05) is 18.2 Å². The minimum atomic E-state index is -0.139. The van der Waals surface area contributed by atoms with Crippen LogP contribution in [-0.2, 0) is 16.1 Å². The molecule has 3 N–H and O–H groups in total. The normalized spacial score (nSPS) is 14.3. The molecule has 0 radical (unpaired) electrons. The molecule has 0 saturated heterocycles. The van der Waals surface area contributed by atoms with Crippen LogP contribution in [0.4, 0.5) is 5.69 Å². The molecule has 1 fully saturated rings. The number of carbonyl (C=O) groups excluding carboxylic acids is 2. The number of aromatic amines is 1. The molecule has 2 aromatic heterocycles. The molecule has 1 atom stereocenters. The van der Waals surface area contributed by atoms with Gasteiger partial charge in [0.2, 0.25) is 11.8 Å². The average molecular weight is 442 g/mol. The molecular formula is C21H23N5O2S2. The quantitative estimate of drug-likeness (QED) is 0.455. The Hall–Kier alpha value is -2.78. The van der Waals surface area contributed by atoms with E-state index in [9.17, 15) is 9.59 Å². The number of hydrogen-bond donors (Lipinski definition) is 3. The monoisotopic (exact) mass is 441 g/mol. The van der Waals surface area contributed by atoms with Crippen LogP contribution in [0.15, 0.2) is 41.8 Å². The number of H-pyrrole nitrogens is 1. The zero-order chi connectivity index (χ0) is 21.1. The molecule has 0 bridgehead atoms. The Kier molecular flexibility index (Phi) is 6.10. The maximum absolute atomic E-state index is 12.5. The van der Waals surface area contributed by atoms with Crippen molar-refractivity contribution in [1.29, 1.82) is 0 Å². The van der Waals surface area contributed by atoms with Gasteiger partial charge in [0.05, 0.1) is 10.9 Å². The lowest BCUT2D eigenvalue weighted by Gasteiger charge is -2.15. The predicted molar refractivity (Wildman–Crippen MR) is 120 cm³/mol. The van der Waals surface area contributed by atoms with Crippen LogP contribution in [-0.4, -0.2) is 26.6 Å². The maximum atomic E-state index is 12.5.